The number of rotatable bonds is 2. The van der Waals surface area contributed by atoms with Crippen LogP contribution in [0.15, 0.2) is 45.3 Å². The Morgan fingerprint density at radius 2 is 1.66 bits per heavy atom. The summed E-state index contributed by atoms with van der Waals surface area (Å²) < 4.78 is 36.2. The van der Waals surface area contributed by atoms with Gasteiger partial charge in [0.1, 0.15) is 17.2 Å². The van der Waals surface area contributed by atoms with E-state index in [4.69, 9.17) is 4.74 Å². The van der Waals surface area contributed by atoms with Crippen LogP contribution in [-0.4, -0.2) is 36.2 Å². The zero-order valence-electron chi connectivity index (χ0n) is 16.4. The summed E-state index contributed by atoms with van der Waals surface area (Å²) in [6.45, 7) is 6.26. The van der Waals surface area contributed by atoms with E-state index in [1.54, 1.807) is 54.8 Å². The highest BCUT2D eigenvalue weighted by Gasteiger charge is 2.35. The van der Waals surface area contributed by atoms with E-state index in [2.05, 4.69) is 31.9 Å². The molecule has 1 heterocycles. The summed E-state index contributed by atoms with van der Waals surface area (Å²) in [4.78, 5) is 15.9. The molecule has 1 atom stereocenters. The molecule has 8 heteroatoms. The van der Waals surface area contributed by atoms with Crippen LogP contribution in [0.3, 0.4) is 0 Å². The monoisotopic (exact) mass is 530 g/mol. The number of hydrogen-bond acceptors (Lipinski definition) is 3. The maximum atomic E-state index is 14.8. The molecule has 1 saturated heterocycles. The van der Waals surface area contributed by atoms with E-state index < -0.39 is 29.4 Å². The Morgan fingerprint density at radius 1 is 1.03 bits per heavy atom. The molecule has 156 valence electrons. The number of piperazine rings is 1. The van der Waals surface area contributed by atoms with Gasteiger partial charge < -0.3 is 14.5 Å². The van der Waals surface area contributed by atoms with E-state index in [1.165, 1.54) is 12.1 Å². The number of benzene rings is 2. The smallest absolute Gasteiger partial charge is 0.410 e. The van der Waals surface area contributed by atoms with E-state index in [0.717, 1.165) is 0 Å². The molecular weight excluding hydrogens is 510 g/mol. The molecule has 1 aliphatic heterocycles. The number of anilines is 1. The van der Waals surface area contributed by atoms with Gasteiger partial charge in [-0.3, -0.25) is 0 Å². The van der Waals surface area contributed by atoms with E-state index in [9.17, 15) is 13.6 Å². The van der Waals surface area contributed by atoms with Crippen LogP contribution in [0.5, 0.6) is 0 Å². The maximum Gasteiger partial charge on any atom is 0.410 e. The number of carbonyl (C=O) groups is 1. The second kappa shape index (κ2) is 8.60. The summed E-state index contributed by atoms with van der Waals surface area (Å²) in [7, 11) is 0. The van der Waals surface area contributed by atoms with Crippen molar-refractivity contribution < 1.29 is 18.3 Å². The van der Waals surface area contributed by atoms with Crippen LogP contribution >= 0.6 is 31.9 Å². The minimum atomic E-state index is -0.635. The highest BCUT2D eigenvalue weighted by molar-refractivity contribution is 9.10. The Bertz CT molecular complexity index is 918. The Labute approximate surface area is 186 Å². The quantitative estimate of drug-likeness (QED) is 0.456. The van der Waals surface area contributed by atoms with Crippen LogP contribution in [0.2, 0.25) is 0 Å². The third kappa shape index (κ3) is 5.28. The van der Waals surface area contributed by atoms with Crippen LogP contribution in [0, 0.1) is 11.6 Å². The molecule has 0 bridgehead atoms. The first-order valence-electron chi connectivity index (χ1n) is 9.20. The summed E-state index contributed by atoms with van der Waals surface area (Å²) in [5.74, 6) is -0.828. The predicted octanol–water partition coefficient (Wildman–Crippen LogP) is 6.29. The highest BCUT2D eigenvalue weighted by atomic mass is 79.9. The van der Waals surface area contributed by atoms with Crippen LogP contribution in [-0.2, 0) is 4.74 Å². The van der Waals surface area contributed by atoms with Crippen molar-refractivity contribution in [2.24, 2.45) is 0 Å². The SMILES string of the molecule is CC(C)(C)OC(=O)N1CCN(c2ccc(Br)cc2F)C(c2ccc(Br)cc2F)C1. The minimum absolute atomic E-state index is 0.184. The van der Waals surface area contributed by atoms with Gasteiger partial charge in [0.25, 0.3) is 0 Å². The molecule has 29 heavy (non-hydrogen) atoms. The van der Waals surface area contributed by atoms with Crippen molar-refractivity contribution >= 4 is 43.6 Å². The predicted molar refractivity (Wildman–Crippen MR) is 116 cm³/mol. The van der Waals surface area contributed by atoms with Gasteiger partial charge in [-0.2, -0.15) is 0 Å². The fourth-order valence-corrected chi connectivity index (χ4v) is 3.98. The Kier molecular flexibility index (Phi) is 6.53. The third-order valence-corrected chi connectivity index (χ3v) is 5.56. The summed E-state index contributed by atoms with van der Waals surface area (Å²) in [6, 6.07) is 9.00. The summed E-state index contributed by atoms with van der Waals surface area (Å²) >= 11 is 6.53. The standard InChI is InChI=1S/C21H22Br2F2N2O2/c1-21(2,3)29-20(28)26-8-9-27(18-7-5-14(23)11-17(18)25)19(12-26)15-6-4-13(22)10-16(15)24/h4-7,10-11,19H,8-9,12H2,1-3H3. The zero-order valence-corrected chi connectivity index (χ0v) is 19.6. The number of ether oxygens (including phenoxy) is 1. The van der Waals surface area contributed by atoms with Gasteiger partial charge in [-0.25, -0.2) is 13.6 Å². The fourth-order valence-electron chi connectivity index (χ4n) is 3.32. The van der Waals surface area contributed by atoms with Crippen molar-refractivity contribution in [3.05, 3.63) is 62.5 Å². The molecule has 0 aromatic heterocycles. The molecule has 2 aromatic carbocycles. The largest absolute Gasteiger partial charge is 0.444 e. The van der Waals surface area contributed by atoms with Gasteiger partial charge >= 0.3 is 6.09 Å². The lowest BCUT2D eigenvalue weighted by Crippen LogP contribution is -2.52. The number of amides is 1. The lowest BCUT2D eigenvalue weighted by atomic mass is 10.0. The second-order valence-corrected chi connectivity index (χ2v) is 9.73. The zero-order chi connectivity index (χ0) is 21.3. The first-order valence-corrected chi connectivity index (χ1v) is 10.8. The fraction of sp³-hybridized carbons (Fsp3) is 0.381. The normalized spacial score (nSPS) is 17.4. The van der Waals surface area contributed by atoms with Gasteiger partial charge in [-0.1, -0.05) is 37.9 Å². The van der Waals surface area contributed by atoms with E-state index in [-0.39, 0.29) is 6.54 Å². The number of halogens is 4. The number of nitrogens with zero attached hydrogens (tertiary/aromatic N) is 2. The lowest BCUT2D eigenvalue weighted by molar-refractivity contribution is 0.0213. The van der Waals surface area contributed by atoms with E-state index >= 15 is 0 Å². The van der Waals surface area contributed by atoms with Crippen LogP contribution in [0.4, 0.5) is 19.3 Å². The molecule has 0 saturated carbocycles. The van der Waals surface area contributed by atoms with Crippen LogP contribution in [0.1, 0.15) is 32.4 Å². The first kappa shape index (κ1) is 22.0. The van der Waals surface area contributed by atoms with Gasteiger partial charge in [-0.05, 0) is 51.1 Å². The molecule has 0 aliphatic carbocycles. The summed E-state index contributed by atoms with van der Waals surface area (Å²) in [6.07, 6.45) is -0.462. The van der Waals surface area contributed by atoms with Crippen LogP contribution in [0.25, 0.3) is 0 Å². The lowest BCUT2D eigenvalue weighted by Gasteiger charge is -2.43. The Morgan fingerprint density at radius 3 is 2.24 bits per heavy atom. The average molecular weight is 532 g/mol. The maximum absolute atomic E-state index is 14.8. The average Bonchev–Trinajstić information content (AvgIpc) is 2.60. The van der Waals surface area contributed by atoms with E-state index in [0.29, 0.717) is 33.3 Å². The molecular formula is C21H22Br2F2N2O2. The molecule has 3 rings (SSSR count). The molecule has 2 aromatic rings. The second-order valence-electron chi connectivity index (χ2n) is 7.90. The Balaban J connectivity index is 1.97. The van der Waals surface area contributed by atoms with Crippen molar-refractivity contribution in [1.82, 2.24) is 4.90 Å². The van der Waals surface area contributed by atoms with Crippen molar-refractivity contribution in [1.29, 1.82) is 0 Å². The first-order chi connectivity index (χ1) is 13.5. The molecule has 0 radical (unpaired) electrons. The molecule has 1 unspecified atom stereocenters. The van der Waals surface area contributed by atoms with Crippen molar-refractivity contribution in [3.8, 4) is 0 Å². The van der Waals surface area contributed by atoms with Gasteiger partial charge in [-0.15, -0.1) is 0 Å². The minimum Gasteiger partial charge on any atom is -0.444 e. The van der Waals surface area contributed by atoms with Crippen molar-refractivity contribution in [3.63, 3.8) is 0 Å². The van der Waals surface area contributed by atoms with Crippen LogP contribution < -0.4 is 4.90 Å². The molecule has 0 N–H and O–H groups in total. The summed E-state index contributed by atoms with van der Waals surface area (Å²) in [5, 5.41) is 0. The molecule has 0 spiro atoms. The number of carbonyl (C=O) groups excluding carboxylic acids is 1. The molecule has 4 nitrogen and oxygen atoms in total. The van der Waals surface area contributed by atoms with Gasteiger partial charge in [0.05, 0.1) is 11.7 Å². The highest BCUT2D eigenvalue weighted by Crippen LogP contribution is 2.35. The van der Waals surface area contributed by atoms with Crippen molar-refractivity contribution in [2.45, 2.75) is 32.4 Å². The molecule has 1 fully saturated rings. The van der Waals surface area contributed by atoms with E-state index in [1.807, 2.05) is 0 Å². The Hall–Kier alpha value is -1.67. The third-order valence-electron chi connectivity index (χ3n) is 4.57. The molecule has 1 aliphatic rings. The van der Waals surface area contributed by atoms with Gasteiger partial charge in [0.15, 0.2) is 0 Å². The summed E-state index contributed by atoms with van der Waals surface area (Å²) in [5.41, 5.74) is 0.123. The van der Waals surface area contributed by atoms with Crippen molar-refractivity contribution in [2.75, 3.05) is 24.5 Å². The topological polar surface area (TPSA) is 32.8 Å². The van der Waals surface area contributed by atoms with Gasteiger partial charge in [0, 0.05) is 34.1 Å². The molecule has 1 amide bonds. The number of hydrogen-bond donors (Lipinski definition) is 0. The van der Waals surface area contributed by atoms with Gasteiger partial charge in [0.2, 0.25) is 0 Å².